The first-order chi connectivity index (χ1) is 8.97. The van der Waals surface area contributed by atoms with Gasteiger partial charge in [-0.25, -0.2) is 0 Å². The van der Waals surface area contributed by atoms with Crippen LogP contribution in [0.25, 0.3) is 0 Å². The van der Waals surface area contributed by atoms with E-state index in [9.17, 15) is 10.2 Å². The lowest BCUT2D eigenvalue weighted by Crippen LogP contribution is -2.06. The molecule has 2 rings (SSSR count). The number of nitrogens with one attached hydrogen (secondary N) is 1. The van der Waals surface area contributed by atoms with E-state index in [1.807, 2.05) is 13.0 Å². The number of phenols is 2. The van der Waals surface area contributed by atoms with Gasteiger partial charge in [0.05, 0.1) is 15.7 Å². The topological polar surface area (TPSA) is 52.5 Å². The van der Waals surface area contributed by atoms with Crippen molar-refractivity contribution in [1.29, 1.82) is 0 Å². The van der Waals surface area contributed by atoms with Crippen molar-refractivity contribution in [2.45, 2.75) is 13.0 Å². The Hall–Kier alpha value is -1.58. The van der Waals surface area contributed by atoms with Crippen molar-refractivity contribution in [3.8, 4) is 11.5 Å². The van der Waals surface area contributed by atoms with Gasteiger partial charge in [-0.1, -0.05) is 29.3 Å². The summed E-state index contributed by atoms with van der Waals surface area (Å²) in [6.07, 6.45) is 0. The summed E-state index contributed by atoms with van der Waals surface area (Å²) < 4.78 is 0. The van der Waals surface area contributed by atoms with Crippen LogP contribution in [0.1, 0.15) is 18.5 Å². The standard InChI is InChI=1S/C14H13Cl2NO2/c1-8(9-5-10(18)7-11(19)6-9)17-13-4-2-3-12(15)14(13)16/h2-8,17-19H,1H3. The molecule has 2 aromatic carbocycles. The van der Waals surface area contributed by atoms with E-state index in [2.05, 4.69) is 5.32 Å². The van der Waals surface area contributed by atoms with Gasteiger partial charge in [-0.3, -0.25) is 0 Å². The van der Waals surface area contributed by atoms with Crippen molar-refractivity contribution in [2.75, 3.05) is 5.32 Å². The maximum absolute atomic E-state index is 9.47. The molecule has 5 heteroatoms. The number of aromatic hydroxyl groups is 2. The molecule has 1 atom stereocenters. The largest absolute Gasteiger partial charge is 0.508 e. The minimum atomic E-state index is -0.144. The van der Waals surface area contributed by atoms with Gasteiger partial charge < -0.3 is 15.5 Å². The van der Waals surface area contributed by atoms with E-state index < -0.39 is 0 Å². The van der Waals surface area contributed by atoms with E-state index in [0.29, 0.717) is 15.7 Å². The highest BCUT2D eigenvalue weighted by Crippen LogP contribution is 2.33. The Bertz CT molecular complexity index is 582. The van der Waals surface area contributed by atoms with Gasteiger partial charge in [-0.2, -0.15) is 0 Å². The van der Waals surface area contributed by atoms with E-state index in [0.717, 1.165) is 5.56 Å². The lowest BCUT2D eigenvalue weighted by atomic mass is 10.1. The first-order valence-electron chi connectivity index (χ1n) is 5.71. The van der Waals surface area contributed by atoms with Crippen molar-refractivity contribution in [2.24, 2.45) is 0 Å². The fourth-order valence-corrected chi connectivity index (χ4v) is 2.15. The molecular formula is C14H13Cl2NO2. The molecule has 0 aliphatic carbocycles. The van der Waals surface area contributed by atoms with Crippen LogP contribution in [0.4, 0.5) is 5.69 Å². The SMILES string of the molecule is CC(Nc1cccc(Cl)c1Cl)c1cc(O)cc(O)c1. The van der Waals surface area contributed by atoms with Crippen LogP contribution >= 0.6 is 23.2 Å². The van der Waals surface area contributed by atoms with Crippen LogP contribution in [-0.2, 0) is 0 Å². The molecule has 1 unspecified atom stereocenters. The predicted octanol–water partition coefficient (Wildman–Crippen LogP) is 4.58. The molecule has 100 valence electrons. The van der Waals surface area contributed by atoms with Gasteiger partial charge in [0.25, 0.3) is 0 Å². The zero-order valence-electron chi connectivity index (χ0n) is 10.2. The smallest absolute Gasteiger partial charge is 0.119 e. The summed E-state index contributed by atoms with van der Waals surface area (Å²) in [7, 11) is 0. The van der Waals surface area contributed by atoms with Crippen LogP contribution in [0.5, 0.6) is 11.5 Å². The van der Waals surface area contributed by atoms with Gasteiger partial charge in [0.15, 0.2) is 0 Å². The second kappa shape index (κ2) is 5.59. The van der Waals surface area contributed by atoms with Crippen LogP contribution < -0.4 is 5.32 Å². The van der Waals surface area contributed by atoms with Crippen LogP contribution in [0.3, 0.4) is 0 Å². The molecule has 2 aromatic rings. The van der Waals surface area contributed by atoms with Gasteiger partial charge in [0, 0.05) is 12.1 Å². The molecule has 0 fully saturated rings. The lowest BCUT2D eigenvalue weighted by molar-refractivity contribution is 0.448. The van der Waals surface area contributed by atoms with E-state index in [1.54, 1.807) is 24.3 Å². The quantitative estimate of drug-likeness (QED) is 0.777. The van der Waals surface area contributed by atoms with E-state index in [-0.39, 0.29) is 17.5 Å². The normalized spacial score (nSPS) is 12.2. The third-order valence-corrected chi connectivity index (χ3v) is 3.57. The molecule has 0 amide bonds. The van der Waals surface area contributed by atoms with E-state index in [4.69, 9.17) is 23.2 Å². The fourth-order valence-electron chi connectivity index (χ4n) is 1.80. The monoisotopic (exact) mass is 297 g/mol. The lowest BCUT2D eigenvalue weighted by Gasteiger charge is -2.17. The maximum atomic E-state index is 9.47. The van der Waals surface area contributed by atoms with E-state index >= 15 is 0 Å². The summed E-state index contributed by atoms with van der Waals surface area (Å²) >= 11 is 12.0. The van der Waals surface area contributed by atoms with Crippen LogP contribution in [0.2, 0.25) is 10.0 Å². The Labute approximate surface area is 121 Å². The first-order valence-corrected chi connectivity index (χ1v) is 6.46. The van der Waals surface area contributed by atoms with Crippen molar-refractivity contribution in [1.82, 2.24) is 0 Å². The molecule has 0 spiro atoms. The molecule has 3 nitrogen and oxygen atoms in total. The third-order valence-electron chi connectivity index (χ3n) is 2.75. The molecule has 19 heavy (non-hydrogen) atoms. The molecule has 0 heterocycles. The number of phenolic OH excluding ortho intramolecular Hbond substituents is 2. The molecule has 0 aromatic heterocycles. The molecule has 0 radical (unpaired) electrons. The second-order valence-electron chi connectivity index (χ2n) is 4.25. The minimum absolute atomic E-state index is 0.0147. The number of benzene rings is 2. The van der Waals surface area contributed by atoms with Crippen LogP contribution in [0.15, 0.2) is 36.4 Å². The minimum Gasteiger partial charge on any atom is -0.508 e. The summed E-state index contributed by atoms with van der Waals surface area (Å²) in [6.45, 7) is 1.89. The number of hydrogen-bond donors (Lipinski definition) is 3. The van der Waals surface area contributed by atoms with E-state index in [1.165, 1.54) is 6.07 Å². The molecule has 0 aliphatic rings. The molecule has 0 aliphatic heterocycles. The molecular weight excluding hydrogens is 285 g/mol. The van der Waals surface area contributed by atoms with Gasteiger partial charge in [-0.15, -0.1) is 0 Å². The molecule has 0 saturated heterocycles. The van der Waals surface area contributed by atoms with Crippen molar-refractivity contribution >= 4 is 28.9 Å². The van der Waals surface area contributed by atoms with Crippen LogP contribution in [0, 0.1) is 0 Å². The number of anilines is 1. The Morgan fingerprint density at radius 3 is 2.32 bits per heavy atom. The Morgan fingerprint density at radius 2 is 1.68 bits per heavy atom. The third kappa shape index (κ3) is 3.25. The zero-order valence-corrected chi connectivity index (χ0v) is 11.7. The van der Waals surface area contributed by atoms with Crippen LogP contribution in [-0.4, -0.2) is 10.2 Å². The van der Waals surface area contributed by atoms with Gasteiger partial charge in [-0.05, 0) is 36.8 Å². The number of halogens is 2. The Balaban J connectivity index is 2.25. The highest BCUT2D eigenvalue weighted by molar-refractivity contribution is 6.43. The predicted molar refractivity (Wildman–Crippen MR) is 78.3 cm³/mol. The number of hydrogen-bond acceptors (Lipinski definition) is 3. The summed E-state index contributed by atoms with van der Waals surface area (Å²) in [4.78, 5) is 0. The summed E-state index contributed by atoms with van der Waals surface area (Å²) in [5, 5.41) is 23.0. The maximum Gasteiger partial charge on any atom is 0.119 e. The second-order valence-corrected chi connectivity index (χ2v) is 5.04. The first kappa shape index (κ1) is 13.8. The van der Waals surface area contributed by atoms with Crippen molar-refractivity contribution in [3.05, 3.63) is 52.0 Å². The Kier molecular flexibility index (Phi) is 4.08. The van der Waals surface area contributed by atoms with Gasteiger partial charge in [0.1, 0.15) is 11.5 Å². The molecule has 3 N–H and O–H groups in total. The van der Waals surface area contributed by atoms with Crippen molar-refractivity contribution < 1.29 is 10.2 Å². The summed E-state index contributed by atoms with van der Waals surface area (Å²) in [6, 6.07) is 9.61. The van der Waals surface area contributed by atoms with Gasteiger partial charge in [0.2, 0.25) is 0 Å². The van der Waals surface area contributed by atoms with Gasteiger partial charge >= 0.3 is 0 Å². The molecule has 0 saturated carbocycles. The average molecular weight is 298 g/mol. The highest BCUT2D eigenvalue weighted by Gasteiger charge is 2.11. The average Bonchev–Trinajstić information content (AvgIpc) is 2.33. The zero-order chi connectivity index (χ0) is 14.0. The van der Waals surface area contributed by atoms with Crippen molar-refractivity contribution in [3.63, 3.8) is 0 Å². The summed E-state index contributed by atoms with van der Waals surface area (Å²) in [5.41, 5.74) is 1.44. The summed E-state index contributed by atoms with van der Waals surface area (Å²) in [5.74, 6) is 0.0293. The fraction of sp³-hybridized carbons (Fsp3) is 0.143. The molecule has 0 bridgehead atoms. The number of rotatable bonds is 3. The Morgan fingerprint density at radius 1 is 1.05 bits per heavy atom. The highest BCUT2D eigenvalue weighted by atomic mass is 35.5.